The molecule has 7 nitrogen and oxygen atoms in total. The number of hydrogen-bond acceptors (Lipinski definition) is 5. The zero-order chi connectivity index (χ0) is 26.3. The maximum absolute atomic E-state index is 14.9. The van der Waals surface area contributed by atoms with E-state index in [1.807, 2.05) is 27.7 Å². The molecule has 1 fully saturated rings. The summed E-state index contributed by atoms with van der Waals surface area (Å²) >= 11 is 6.03. The van der Waals surface area contributed by atoms with Gasteiger partial charge in [0.25, 0.3) is 0 Å². The summed E-state index contributed by atoms with van der Waals surface area (Å²) in [5, 5.41) is 20.2. The molecule has 3 N–H and O–H groups in total. The van der Waals surface area contributed by atoms with Crippen LogP contribution in [0.4, 0.5) is 20.4 Å². The summed E-state index contributed by atoms with van der Waals surface area (Å²) in [5.74, 6) is -1.13. The molecular weight excluding hydrogens is 488 g/mol. The quantitative estimate of drug-likeness (QED) is 0.365. The van der Waals surface area contributed by atoms with Gasteiger partial charge in [-0.15, -0.1) is 0 Å². The van der Waals surface area contributed by atoms with Gasteiger partial charge in [0, 0.05) is 41.9 Å². The number of carbonyl (C=O) groups is 1. The van der Waals surface area contributed by atoms with E-state index in [0.29, 0.717) is 23.7 Å². The van der Waals surface area contributed by atoms with Crippen LogP contribution < -0.4 is 5.32 Å². The number of halogens is 3. The molecule has 0 aliphatic carbocycles. The van der Waals surface area contributed by atoms with E-state index in [1.54, 1.807) is 18.2 Å². The van der Waals surface area contributed by atoms with E-state index in [-0.39, 0.29) is 36.0 Å². The molecular formula is C26H30ClF2N5O2. The van der Waals surface area contributed by atoms with Gasteiger partial charge < -0.3 is 10.4 Å². The van der Waals surface area contributed by atoms with E-state index < -0.39 is 28.6 Å². The fourth-order valence-corrected chi connectivity index (χ4v) is 5.51. The summed E-state index contributed by atoms with van der Waals surface area (Å²) in [6, 6.07) is 9.24. The zero-order valence-corrected chi connectivity index (χ0v) is 21.5. The Labute approximate surface area is 213 Å². The van der Waals surface area contributed by atoms with E-state index in [9.17, 15) is 18.7 Å². The highest BCUT2D eigenvalue weighted by atomic mass is 35.5. The molecule has 0 bridgehead atoms. The lowest BCUT2D eigenvalue weighted by Crippen LogP contribution is -2.56. The molecule has 10 heteroatoms. The number of carboxylic acid groups (broad SMARTS) is 1. The van der Waals surface area contributed by atoms with Crippen LogP contribution in [-0.2, 0) is 16.8 Å². The third-order valence-electron chi connectivity index (χ3n) is 7.22. The number of piperidine rings is 1. The smallest absolute Gasteiger partial charge is 0.310 e. The van der Waals surface area contributed by atoms with Crippen molar-refractivity contribution in [3.63, 3.8) is 0 Å². The average molecular weight is 518 g/mol. The minimum absolute atomic E-state index is 0.0464. The maximum atomic E-state index is 14.9. The van der Waals surface area contributed by atoms with Crippen molar-refractivity contribution < 1.29 is 18.7 Å². The van der Waals surface area contributed by atoms with Crippen LogP contribution in [0.5, 0.6) is 0 Å². The first-order valence-corrected chi connectivity index (χ1v) is 12.2. The minimum atomic E-state index is -1.21. The highest BCUT2D eigenvalue weighted by Crippen LogP contribution is 2.44. The van der Waals surface area contributed by atoms with E-state index in [0.717, 1.165) is 5.69 Å². The van der Waals surface area contributed by atoms with Crippen LogP contribution in [0, 0.1) is 24.0 Å². The Morgan fingerprint density at radius 2 is 2.06 bits per heavy atom. The van der Waals surface area contributed by atoms with Crippen LogP contribution >= 0.6 is 11.6 Å². The molecule has 0 amide bonds. The SMILES string of the molecule is Cc1cc(Nc2ccc(F)c(C[C@@]3(C(=O)O)CCN(C(C)(C)c4cccc(Cl)c4F)[C@H](C)C3)n2)n[nH]1. The number of aromatic amines is 1. The van der Waals surface area contributed by atoms with Crippen molar-refractivity contribution >= 4 is 29.2 Å². The number of pyridine rings is 1. The standard InChI is InChI=1S/C26H30ClF2N5O2/c1-15-12-22(33-32-15)31-21-9-8-19(28)20(30-21)14-26(24(35)36)10-11-34(16(2)13-26)25(3,4)17-6-5-7-18(27)23(17)29/h5-9,12,16H,10-11,13-14H2,1-4H3,(H,35,36)(H2,30,31,32,33)/t16-,26-/m1/s1. The second-order valence-electron chi connectivity index (χ2n) is 10.1. The Kier molecular flexibility index (Phi) is 7.07. The second-order valence-corrected chi connectivity index (χ2v) is 10.5. The molecule has 36 heavy (non-hydrogen) atoms. The number of carboxylic acids is 1. The molecule has 0 radical (unpaired) electrons. The van der Waals surface area contributed by atoms with Gasteiger partial charge in [0.2, 0.25) is 0 Å². The highest BCUT2D eigenvalue weighted by molar-refractivity contribution is 6.30. The zero-order valence-electron chi connectivity index (χ0n) is 20.7. The van der Waals surface area contributed by atoms with Crippen molar-refractivity contribution in [3.8, 4) is 0 Å². The molecule has 0 spiro atoms. The molecule has 1 aromatic carbocycles. The molecule has 0 unspecified atom stereocenters. The number of nitrogens with zero attached hydrogens (tertiary/aromatic N) is 3. The molecule has 3 heterocycles. The van der Waals surface area contributed by atoms with Crippen LogP contribution in [0.3, 0.4) is 0 Å². The molecule has 1 saturated heterocycles. The fraction of sp³-hybridized carbons (Fsp3) is 0.423. The van der Waals surface area contributed by atoms with Gasteiger partial charge >= 0.3 is 5.97 Å². The number of rotatable bonds is 7. The lowest BCUT2D eigenvalue weighted by molar-refractivity contribution is -0.155. The van der Waals surface area contributed by atoms with Crippen molar-refractivity contribution in [1.82, 2.24) is 20.1 Å². The van der Waals surface area contributed by atoms with Gasteiger partial charge in [-0.2, -0.15) is 5.10 Å². The molecule has 1 aliphatic rings. The van der Waals surface area contributed by atoms with Gasteiger partial charge in [-0.05, 0) is 58.7 Å². The van der Waals surface area contributed by atoms with Gasteiger partial charge in [0.1, 0.15) is 17.5 Å². The van der Waals surface area contributed by atoms with Crippen LogP contribution in [0.1, 0.15) is 50.6 Å². The number of aryl methyl sites for hydroxylation is 1. The van der Waals surface area contributed by atoms with Gasteiger partial charge in [0.15, 0.2) is 5.82 Å². The largest absolute Gasteiger partial charge is 0.481 e. The number of hydrogen-bond donors (Lipinski definition) is 3. The predicted octanol–water partition coefficient (Wildman–Crippen LogP) is 5.82. The Bertz CT molecular complexity index is 1280. The number of nitrogens with one attached hydrogen (secondary N) is 2. The first-order chi connectivity index (χ1) is 16.9. The Morgan fingerprint density at radius 1 is 1.31 bits per heavy atom. The number of benzene rings is 1. The Morgan fingerprint density at radius 3 is 2.69 bits per heavy atom. The van der Waals surface area contributed by atoms with Gasteiger partial charge in [-0.3, -0.25) is 14.8 Å². The molecule has 4 rings (SSSR count). The van der Waals surface area contributed by atoms with Gasteiger partial charge in [-0.25, -0.2) is 13.8 Å². The average Bonchev–Trinajstić information content (AvgIpc) is 3.22. The molecule has 3 aromatic rings. The van der Waals surface area contributed by atoms with Crippen LogP contribution in [0.25, 0.3) is 0 Å². The summed E-state index contributed by atoms with van der Waals surface area (Å²) in [7, 11) is 0. The van der Waals surface area contributed by atoms with Crippen molar-refractivity contribution in [3.05, 3.63) is 70.0 Å². The molecule has 2 atom stereocenters. The van der Waals surface area contributed by atoms with Gasteiger partial charge in [-0.1, -0.05) is 23.7 Å². The maximum Gasteiger partial charge on any atom is 0.310 e. The van der Waals surface area contributed by atoms with E-state index in [4.69, 9.17) is 11.6 Å². The molecule has 2 aromatic heterocycles. The first kappa shape index (κ1) is 26.0. The first-order valence-electron chi connectivity index (χ1n) is 11.8. The number of likely N-dealkylation sites (tertiary alicyclic amines) is 1. The van der Waals surface area contributed by atoms with E-state index in [2.05, 4.69) is 25.4 Å². The number of aromatic nitrogens is 3. The lowest BCUT2D eigenvalue weighted by atomic mass is 9.70. The predicted molar refractivity (Wildman–Crippen MR) is 134 cm³/mol. The Hall–Kier alpha value is -3.04. The lowest BCUT2D eigenvalue weighted by Gasteiger charge is -2.50. The van der Waals surface area contributed by atoms with E-state index in [1.165, 1.54) is 18.2 Å². The van der Waals surface area contributed by atoms with E-state index >= 15 is 0 Å². The summed E-state index contributed by atoms with van der Waals surface area (Å²) in [5.41, 5.74) is -0.561. The minimum Gasteiger partial charge on any atom is -0.481 e. The summed E-state index contributed by atoms with van der Waals surface area (Å²) in [4.78, 5) is 19.0. The monoisotopic (exact) mass is 517 g/mol. The fourth-order valence-electron chi connectivity index (χ4n) is 5.34. The van der Waals surface area contributed by atoms with Crippen LogP contribution in [0.15, 0.2) is 36.4 Å². The third kappa shape index (κ3) is 4.95. The topological polar surface area (TPSA) is 94.1 Å². The molecule has 192 valence electrons. The highest BCUT2D eigenvalue weighted by Gasteiger charge is 2.48. The molecule has 1 aliphatic heterocycles. The van der Waals surface area contributed by atoms with Crippen molar-refractivity contribution in [2.24, 2.45) is 5.41 Å². The van der Waals surface area contributed by atoms with Crippen LogP contribution in [-0.4, -0.2) is 43.7 Å². The summed E-state index contributed by atoms with van der Waals surface area (Å²) < 4.78 is 29.7. The third-order valence-corrected chi connectivity index (χ3v) is 7.51. The number of anilines is 2. The van der Waals surface area contributed by atoms with Crippen LogP contribution in [0.2, 0.25) is 5.02 Å². The summed E-state index contributed by atoms with van der Waals surface area (Å²) in [6.07, 6.45) is 0.453. The van der Waals surface area contributed by atoms with Crippen molar-refractivity contribution in [1.29, 1.82) is 0 Å². The normalized spacial score (nSPS) is 20.9. The number of H-pyrrole nitrogens is 1. The van der Waals surface area contributed by atoms with Gasteiger partial charge in [0.05, 0.1) is 16.1 Å². The van der Waals surface area contributed by atoms with Crippen molar-refractivity contribution in [2.45, 2.75) is 58.5 Å². The summed E-state index contributed by atoms with van der Waals surface area (Å²) in [6.45, 7) is 7.97. The Balaban J connectivity index is 1.58. The second kappa shape index (κ2) is 9.78. The number of aliphatic carboxylic acids is 1. The van der Waals surface area contributed by atoms with Crippen molar-refractivity contribution in [2.75, 3.05) is 11.9 Å². The molecule has 0 saturated carbocycles.